The van der Waals surface area contributed by atoms with Crippen LogP contribution in [0.1, 0.15) is 36.0 Å². The van der Waals surface area contributed by atoms with Crippen LogP contribution in [-0.4, -0.2) is 48.4 Å². The lowest BCUT2D eigenvalue weighted by Crippen LogP contribution is -2.38. The highest BCUT2D eigenvalue weighted by molar-refractivity contribution is 6.16. The van der Waals surface area contributed by atoms with Gasteiger partial charge in [0.15, 0.2) is 0 Å². The number of alkyl halides is 6. The number of halogens is 6. The number of hydrogen-bond donors (Lipinski definition) is 4. The molecule has 8 nitrogen and oxygen atoms in total. The van der Waals surface area contributed by atoms with Gasteiger partial charge in [0, 0.05) is 23.5 Å². The molecule has 2 rings (SSSR count). The van der Waals surface area contributed by atoms with Crippen molar-refractivity contribution in [3.8, 4) is 5.75 Å². The Morgan fingerprint density at radius 3 is 2.29 bits per heavy atom. The van der Waals surface area contributed by atoms with Gasteiger partial charge < -0.3 is 20.5 Å². The predicted octanol–water partition coefficient (Wildman–Crippen LogP) is 4.62. The molecule has 2 amide bonds. The smallest absolute Gasteiger partial charge is 0.416 e. The van der Waals surface area contributed by atoms with E-state index >= 15 is 0 Å². The number of amides is 2. The molecule has 1 atom stereocenters. The Kier molecular flexibility index (Phi) is 9.85. The van der Waals surface area contributed by atoms with Gasteiger partial charge in [0.1, 0.15) is 5.75 Å². The van der Waals surface area contributed by atoms with E-state index in [9.17, 15) is 40.7 Å². The summed E-state index contributed by atoms with van der Waals surface area (Å²) in [5, 5.41) is 21.8. The summed E-state index contributed by atoms with van der Waals surface area (Å²) in [4.78, 5) is 35.8. The van der Waals surface area contributed by atoms with E-state index in [-0.39, 0.29) is 28.3 Å². The third-order valence-corrected chi connectivity index (χ3v) is 5.25. The molecule has 1 unspecified atom stereocenters. The van der Waals surface area contributed by atoms with E-state index in [0.29, 0.717) is 0 Å². The monoisotopic (exact) mass is 547 g/mol. The quantitative estimate of drug-likeness (QED) is 0.241. The minimum absolute atomic E-state index is 0.0164. The molecular formula is C24H23F6N3O5. The number of carboxylic acid groups (broad SMARTS) is 1. The molecule has 0 spiro atoms. The van der Waals surface area contributed by atoms with Crippen molar-refractivity contribution < 1.29 is 50.6 Å². The number of hydrogen-bond acceptors (Lipinski definition) is 5. The molecule has 0 heterocycles. The lowest BCUT2D eigenvalue weighted by Gasteiger charge is -2.18. The van der Waals surface area contributed by atoms with E-state index in [1.807, 2.05) is 0 Å². The van der Waals surface area contributed by atoms with Gasteiger partial charge in [-0.1, -0.05) is 24.3 Å². The second kappa shape index (κ2) is 12.4. The van der Waals surface area contributed by atoms with E-state index in [1.54, 1.807) is 0 Å². The third kappa shape index (κ3) is 8.78. The lowest BCUT2D eigenvalue weighted by molar-refractivity contribution is -0.147. The molecule has 0 radical (unpaired) electrons. The zero-order chi connectivity index (χ0) is 28.7. The van der Waals surface area contributed by atoms with Crippen LogP contribution in [0.25, 0.3) is 0 Å². The van der Waals surface area contributed by atoms with Crippen LogP contribution in [0.15, 0.2) is 42.5 Å². The summed E-state index contributed by atoms with van der Waals surface area (Å²) < 4.78 is 82.1. The number of rotatable bonds is 11. The van der Waals surface area contributed by atoms with Crippen LogP contribution in [0.3, 0.4) is 0 Å². The summed E-state index contributed by atoms with van der Waals surface area (Å²) in [5.74, 6) is -5.00. The van der Waals surface area contributed by atoms with Gasteiger partial charge in [-0.25, -0.2) is 0 Å². The summed E-state index contributed by atoms with van der Waals surface area (Å²) in [6, 6.07) is 8.16. The highest BCUT2D eigenvalue weighted by Crippen LogP contribution is 2.33. The molecule has 0 aliphatic carbocycles. The standard InChI is InChI=1S/C24H23F6N3O5/c1-38-17-7-3-6-16(20(31)13-4-2-5-15(10-13)24(28,29)30)21(17)33-18(34)12-32-22(37)14(11-19(35)36)8-9-23(25,26)27/h2-7,10,14,31H,8-9,11-12H2,1H3,(H,32,37)(H,33,34)(H,35,36). The SMILES string of the molecule is COc1cccc(C(=N)c2cccc(C(F)(F)F)c2)c1NC(=O)CNC(=O)C(CCC(F)(F)F)CC(=O)O. The molecule has 0 saturated heterocycles. The topological polar surface area (TPSA) is 129 Å². The second-order valence-corrected chi connectivity index (χ2v) is 8.05. The van der Waals surface area contributed by atoms with E-state index in [0.717, 1.165) is 18.2 Å². The van der Waals surface area contributed by atoms with Gasteiger partial charge in [0.2, 0.25) is 11.8 Å². The van der Waals surface area contributed by atoms with E-state index in [1.165, 1.54) is 31.4 Å². The zero-order valence-corrected chi connectivity index (χ0v) is 19.8. The molecule has 38 heavy (non-hydrogen) atoms. The first-order valence-corrected chi connectivity index (χ1v) is 10.9. The maximum atomic E-state index is 13.1. The summed E-state index contributed by atoms with van der Waals surface area (Å²) in [7, 11) is 1.24. The van der Waals surface area contributed by atoms with Gasteiger partial charge in [0.25, 0.3) is 0 Å². The van der Waals surface area contributed by atoms with Crippen LogP contribution >= 0.6 is 0 Å². The van der Waals surface area contributed by atoms with Crippen molar-refractivity contribution in [3.63, 3.8) is 0 Å². The summed E-state index contributed by atoms with van der Waals surface area (Å²) in [6.45, 7) is -0.769. The molecule has 0 bridgehead atoms. The van der Waals surface area contributed by atoms with Gasteiger partial charge in [-0.05, 0) is 24.6 Å². The normalized spacial score (nSPS) is 12.4. The zero-order valence-electron chi connectivity index (χ0n) is 19.8. The van der Waals surface area contributed by atoms with Crippen molar-refractivity contribution in [3.05, 3.63) is 59.2 Å². The lowest BCUT2D eigenvalue weighted by atomic mass is 9.98. The number of aliphatic carboxylic acids is 1. The van der Waals surface area contributed by atoms with Crippen LogP contribution in [0.4, 0.5) is 32.0 Å². The van der Waals surface area contributed by atoms with Crippen molar-refractivity contribution in [2.75, 3.05) is 19.0 Å². The van der Waals surface area contributed by atoms with Gasteiger partial charge in [-0.15, -0.1) is 0 Å². The number of ether oxygens (including phenoxy) is 1. The third-order valence-electron chi connectivity index (χ3n) is 5.25. The van der Waals surface area contributed by atoms with Crippen LogP contribution in [0, 0.1) is 11.3 Å². The minimum Gasteiger partial charge on any atom is -0.495 e. The minimum atomic E-state index is -4.65. The fourth-order valence-corrected chi connectivity index (χ4v) is 3.41. The van der Waals surface area contributed by atoms with Gasteiger partial charge in [-0.2, -0.15) is 26.3 Å². The molecule has 0 aromatic heterocycles. The van der Waals surface area contributed by atoms with E-state index < -0.39 is 67.4 Å². The average Bonchev–Trinajstić information content (AvgIpc) is 2.83. The second-order valence-electron chi connectivity index (χ2n) is 8.05. The highest BCUT2D eigenvalue weighted by Gasteiger charge is 2.32. The molecule has 2 aromatic carbocycles. The first-order valence-electron chi connectivity index (χ1n) is 10.9. The maximum Gasteiger partial charge on any atom is 0.416 e. The summed E-state index contributed by atoms with van der Waals surface area (Å²) in [6.07, 6.45) is -12.3. The number of carbonyl (C=O) groups excluding carboxylic acids is 2. The molecule has 0 aliphatic heterocycles. The highest BCUT2D eigenvalue weighted by atomic mass is 19.4. The van der Waals surface area contributed by atoms with Crippen molar-refractivity contribution >= 4 is 29.2 Å². The number of carboxylic acids is 1. The van der Waals surface area contributed by atoms with Crippen molar-refractivity contribution in [2.24, 2.45) is 5.92 Å². The van der Waals surface area contributed by atoms with E-state index in [2.05, 4.69) is 10.6 Å². The van der Waals surface area contributed by atoms with Crippen LogP contribution in [0.2, 0.25) is 0 Å². The number of para-hydroxylation sites is 1. The fraction of sp³-hybridized carbons (Fsp3) is 0.333. The van der Waals surface area contributed by atoms with E-state index in [4.69, 9.17) is 15.3 Å². The van der Waals surface area contributed by atoms with Crippen LogP contribution in [0.5, 0.6) is 5.75 Å². The molecule has 0 saturated carbocycles. The average molecular weight is 547 g/mol. The molecule has 2 aromatic rings. The first-order chi connectivity index (χ1) is 17.6. The van der Waals surface area contributed by atoms with Crippen molar-refractivity contribution in [2.45, 2.75) is 31.6 Å². The number of methoxy groups -OCH3 is 1. The number of nitrogens with one attached hydrogen (secondary N) is 3. The van der Waals surface area contributed by atoms with Gasteiger partial charge in [-0.3, -0.25) is 19.8 Å². The van der Waals surface area contributed by atoms with Gasteiger partial charge in [0.05, 0.1) is 37.0 Å². The Hall–Kier alpha value is -4.10. The Morgan fingerprint density at radius 1 is 1.05 bits per heavy atom. The van der Waals surface area contributed by atoms with Crippen LogP contribution in [-0.2, 0) is 20.6 Å². The predicted molar refractivity (Wildman–Crippen MR) is 123 cm³/mol. The van der Waals surface area contributed by atoms with Crippen molar-refractivity contribution in [1.29, 1.82) is 5.41 Å². The molecular weight excluding hydrogens is 524 g/mol. The Bertz CT molecular complexity index is 1200. The Labute approximate surface area is 212 Å². The van der Waals surface area contributed by atoms with Gasteiger partial charge >= 0.3 is 18.3 Å². The molecule has 0 aliphatic rings. The first kappa shape index (κ1) is 30.1. The number of anilines is 1. The molecule has 0 fully saturated rings. The maximum absolute atomic E-state index is 13.1. The molecule has 14 heteroatoms. The number of carbonyl (C=O) groups is 3. The molecule has 4 N–H and O–H groups in total. The van der Waals surface area contributed by atoms with Crippen LogP contribution < -0.4 is 15.4 Å². The fourth-order valence-electron chi connectivity index (χ4n) is 3.41. The number of benzene rings is 2. The summed E-state index contributed by atoms with van der Waals surface area (Å²) in [5.41, 5.74) is -1.61. The van der Waals surface area contributed by atoms with Crippen molar-refractivity contribution in [1.82, 2.24) is 5.32 Å². The molecule has 206 valence electrons. The summed E-state index contributed by atoms with van der Waals surface area (Å²) >= 11 is 0. The Balaban J connectivity index is 2.21. The Morgan fingerprint density at radius 2 is 1.71 bits per heavy atom. The largest absolute Gasteiger partial charge is 0.495 e.